The summed E-state index contributed by atoms with van der Waals surface area (Å²) in [6.07, 6.45) is 6.51. The number of nitrogens with zero attached hydrogens (tertiary/aromatic N) is 1. The molecule has 1 aromatic rings. The third-order valence-electron chi connectivity index (χ3n) is 7.15. The van der Waals surface area contributed by atoms with Crippen LogP contribution in [0.25, 0.3) is 0 Å². The molecule has 7 heteroatoms. The number of benzene rings is 1. The molecule has 7 nitrogen and oxygen atoms in total. The van der Waals surface area contributed by atoms with Crippen LogP contribution in [0.2, 0.25) is 0 Å². The molecule has 4 aliphatic carbocycles. The van der Waals surface area contributed by atoms with E-state index in [1.54, 1.807) is 24.3 Å². The first kappa shape index (κ1) is 18.3. The van der Waals surface area contributed by atoms with E-state index < -0.39 is 24.5 Å². The highest BCUT2D eigenvalue weighted by Crippen LogP contribution is 2.60. The Kier molecular flexibility index (Phi) is 4.22. The van der Waals surface area contributed by atoms with Gasteiger partial charge >= 0.3 is 5.97 Å². The first-order chi connectivity index (χ1) is 13.9. The number of imide groups is 1. The standard InChI is InChI=1S/C22H24N2O5/c25-18(29-12-24-19(26)16-3-1-2-4-17(16)20(24)27)11-23-21(28)22-8-13-5-14(9-22)7-15(6-13)10-22/h1-4,13-15H,5-12H2,(H,23,28). The van der Waals surface area contributed by atoms with E-state index >= 15 is 0 Å². The lowest BCUT2D eigenvalue weighted by molar-refractivity contribution is -0.152. The first-order valence-electron chi connectivity index (χ1n) is 10.3. The fourth-order valence-electron chi connectivity index (χ4n) is 6.27. The van der Waals surface area contributed by atoms with E-state index in [9.17, 15) is 19.2 Å². The quantitative estimate of drug-likeness (QED) is 0.608. The number of nitrogens with one attached hydrogen (secondary N) is 1. The monoisotopic (exact) mass is 396 g/mol. The van der Waals surface area contributed by atoms with Crippen LogP contribution in [0.4, 0.5) is 0 Å². The van der Waals surface area contributed by atoms with E-state index in [0.717, 1.165) is 24.2 Å². The lowest BCUT2D eigenvalue weighted by atomic mass is 9.49. The molecule has 1 aliphatic heterocycles. The van der Waals surface area contributed by atoms with E-state index in [1.165, 1.54) is 19.3 Å². The molecule has 29 heavy (non-hydrogen) atoms. The number of hydrogen-bond acceptors (Lipinski definition) is 5. The lowest BCUT2D eigenvalue weighted by Gasteiger charge is -2.55. The Morgan fingerprint density at radius 3 is 2.00 bits per heavy atom. The lowest BCUT2D eigenvalue weighted by Crippen LogP contribution is -2.54. The van der Waals surface area contributed by atoms with E-state index in [2.05, 4.69) is 5.32 Å². The van der Waals surface area contributed by atoms with Gasteiger partial charge in [-0.1, -0.05) is 12.1 Å². The predicted octanol–water partition coefficient (Wildman–Crippen LogP) is 2.12. The van der Waals surface area contributed by atoms with Gasteiger partial charge in [0.1, 0.15) is 6.54 Å². The largest absolute Gasteiger partial charge is 0.442 e. The summed E-state index contributed by atoms with van der Waals surface area (Å²) in [4.78, 5) is 50.5. The molecule has 1 N–H and O–H groups in total. The van der Waals surface area contributed by atoms with Gasteiger partial charge in [0, 0.05) is 5.41 Å². The number of fused-ring (bicyclic) bond motifs is 1. The first-order valence-corrected chi connectivity index (χ1v) is 10.3. The van der Waals surface area contributed by atoms with Crippen LogP contribution >= 0.6 is 0 Å². The third kappa shape index (κ3) is 3.03. The molecule has 0 aromatic heterocycles. The van der Waals surface area contributed by atoms with Crippen LogP contribution in [-0.4, -0.2) is 41.9 Å². The summed E-state index contributed by atoms with van der Waals surface area (Å²) in [6, 6.07) is 6.51. The molecule has 0 unspecified atom stereocenters. The van der Waals surface area contributed by atoms with Gasteiger partial charge in [-0.05, 0) is 68.4 Å². The fraction of sp³-hybridized carbons (Fsp3) is 0.545. The molecule has 0 atom stereocenters. The van der Waals surface area contributed by atoms with Crippen molar-refractivity contribution in [3.8, 4) is 0 Å². The maximum Gasteiger partial charge on any atom is 0.327 e. The Bertz CT molecular complexity index is 838. The zero-order valence-corrected chi connectivity index (χ0v) is 16.2. The van der Waals surface area contributed by atoms with Crippen LogP contribution in [0.1, 0.15) is 59.2 Å². The molecule has 4 fully saturated rings. The Morgan fingerprint density at radius 1 is 0.966 bits per heavy atom. The maximum absolute atomic E-state index is 12.9. The molecule has 0 radical (unpaired) electrons. The summed E-state index contributed by atoms with van der Waals surface area (Å²) in [5.41, 5.74) is 0.296. The second-order valence-corrected chi connectivity index (χ2v) is 9.11. The highest BCUT2D eigenvalue weighted by atomic mass is 16.5. The minimum Gasteiger partial charge on any atom is -0.442 e. The highest BCUT2D eigenvalue weighted by molar-refractivity contribution is 6.21. The van der Waals surface area contributed by atoms with Gasteiger partial charge in [-0.15, -0.1) is 0 Å². The molecule has 5 aliphatic rings. The van der Waals surface area contributed by atoms with Crippen molar-refractivity contribution >= 4 is 23.7 Å². The van der Waals surface area contributed by atoms with Crippen molar-refractivity contribution in [1.29, 1.82) is 0 Å². The molecule has 6 rings (SSSR count). The summed E-state index contributed by atoms with van der Waals surface area (Å²) in [6.45, 7) is -0.692. The molecule has 4 saturated carbocycles. The highest BCUT2D eigenvalue weighted by Gasteiger charge is 2.54. The number of ether oxygens (including phenoxy) is 1. The van der Waals surface area contributed by atoms with Crippen molar-refractivity contribution in [2.24, 2.45) is 23.2 Å². The molecule has 1 heterocycles. The van der Waals surface area contributed by atoms with E-state index in [1.807, 2.05) is 0 Å². The molecule has 1 aromatic carbocycles. The molecular weight excluding hydrogens is 372 g/mol. The average molecular weight is 396 g/mol. The summed E-state index contributed by atoms with van der Waals surface area (Å²) in [5.74, 6) is 0.286. The number of esters is 1. The van der Waals surface area contributed by atoms with Crippen LogP contribution in [0, 0.1) is 23.2 Å². The number of carbonyl (C=O) groups excluding carboxylic acids is 4. The number of hydrogen-bond donors (Lipinski definition) is 1. The summed E-state index contributed by atoms with van der Waals surface area (Å²) in [5, 5.41) is 2.75. The van der Waals surface area contributed by atoms with Crippen LogP contribution < -0.4 is 5.32 Å². The van der Waals surface area contributed by atoms with E-state index in [4.69, 9.17) is 4.74 Å². The number of amides is 3. The van der Waals surface area contributed by atoms with Gasteiger partial charge < -0.3 is 10.1 Å². The summed E-state index contributed by atoms with van der Waals surface area (Å²) < 4.78 is 5.10. The third-order valence-corrected chi connectivity index (χ3v) is 7.15. The zero-order chi connectivity index (χ0) is 20.2. The van der Waals surface area contributed by atoms with Gasteiger partial charge in [0.05, 0.1) is 11.1 Å². The molecule has 3 amide bonds. The number of carbonyl (C=O) groups is 4. The fourth-order valence-corrected chi connectivity index (χ4v) is 6.27. The maximum atomic E-state index is 12.9. The number of rotatable bonds is 5. The smallest absolute Gasteiger partial charge is 0.327 e. The van der Waals surface area contributed by atoms with Gasteiger partial charge in [-0.2, -0.15) is 0 Å². The minimum absolute atomic E-state index is 0.0470. The second kappa shape index (κ2) is 6.68. The topological polar surface area (TPSA) is 92.8 Å². The van der Waals surface area contributed by atoms with E-state index in [0.29, 0.717) is 28.9 Å². The van der Waals surface area contributed by atoms with Crippen molar-refractivity contribution in [2.45, 2.75) is 38.5 Å². The molecule has 0 saturated heterocycles. The Hall–Kier alpha value is -2.70. The van der Waals surface area contributed by atoms with Gasteiger partial charge in [-0.3, -0.25) is 19.2 Å². The van der Waals surface area contributed by atoms with Crippen LogP contribution in [0.3, 0.4) is 0 Å². The predicted molar refractivity (Wildman–Crippen MR) is 102 cm³/mol. The van der Waals surface area contributed by atoms with Gasteiger partial charge in [0.15, 0.2) is 6.73 Å². The van der Waals surface area contributed by atoms with Gasteiger partial charge in [0.25, 0.3) is 11.8 Å². The SMILES string of the molecule is O=C(CNC(=O)C12CC3CC(CC(C3)C1)C2)OCN1C(=O)c2ccccc2C1=O. The van der Waals surface area contributed by atoms with Crippen molar-refractivity contribution in [2.75, 3.05) is 13.3 Å². The van der Waals surface area contributed by atoms with Crippen LogP contribution in [0.5, 0.6) is 0 Å². The summed E-state index contributed by atoms with van der Waals surface area (Å²) >= 11 is 0. The normalized spacial score (nSPS) is 31.7. The Morgan fingerprint density at radius 2 is 1.48 bits per heavy atom. The van der Waals surface area contributed by atoms with Crippen molar-refractivity contribution in [3.63, 3.8) is 0 Å². The van der Waals surface area contributed by atoms with Crippen LogP contribution in [-0.2, 0) is 14.3 Å². The average Bonchev–Trinajstić information content (AvgIpc) is 2.94. The molecule has 152 valence electrons. The Balaban J connectivity index is 1.14. The van der Waals surface area contributed by atoms with Crippen LogP contribution in [0.15, 0.2) is 24.3 Å². The van der Waals surface area contributed by atoms with Gasteiger partial charge in [-0.25, -0.2) is 4.90 Å². The van der Waals surface area contributed by atoms with Crippen molar-refractivity contribution in [1.82, 2.24) is 10.2 Å². The summed E-state index contributed by atoms with van der Waals surface area (Å²) in [7, 11) is 0. The molecule has 0 spiro atoms. The molecule has 4 bridgehead atoms. The van der Waals surface area contributed by atoms with E-state index in [-0.39, 0.29) is 17.9 Å². The second-order valence-electron chi connectivity index (χ2n) is 9.11. The van der Waals surface area contributed by atoms with Crippen molar-refractivity contribution in [3.05, 3.63) is 35.4 Å². The van der Waals surface area contributed by atoms with Gasteiger partial charge in [0.2, 0.25) is 5.91 Å². The minimum atomic E-state index is -0.653. The zero-order valence-electron chi connectivity index (χ0n) is 16.2. The van der Waals surface area contributed by atoms with Crippen molar-refractivity contribution < 1.29 is 23.9 Å². The molecular formula is C22H24N2O5. The Labute approximate surface area is 168 Å².